The molecule has 0 spiro atoms. The minimum atomic E-state index is 0.405. The van der Waals surface area contributed by atoms with E-state index in [0.29, 0.717) is 6.04 Å². The average molecular weight is 250 g/mol. The Hall–Kier alpha value is -1.36. The summed E-state index contributed by atoms with van der Waals surface area (Å²) in [5, 5.41) is 11.4. The Bertz CT molecular complexity index is 494. The first-order valence-corrected chi connectivity index (χ1v) is 6.93. The minimum absolute atomic E-state index is 0.405. The average Bonchev–Trinajstić information content (AvgIpc) is 2.74. The predicted octanol–water partition coefficient (Wildman–Crippen LogP) is 2.70. The number of rotatable bonds is 5. The Morgan fingerprint density at radius 3 is 3.12 bits per heavy atom. The molecule has 1 aromatic carbocycles. The highest BCUT2D eigenvalue weighted by atomic mass is 32.2. The normalized spacial score (nSPS) is 12.8. The Kier molecular flexibility index (Phi) is 3.78. The van der Waals surface area contributed by atoms with Crippen molar-refractivity contribution < 1.29 is 0 Å². The lowest BCUT2D eigenvalue weighted by atomic mass is 10.2. The molecule has 1 unspecified atom stereocenters. The fourth-order valence-electron chi connectivity index (χ4n) is 1.74. The lowest BCUT2D eigenvalue weighted by molar-refractivity contribution is 0.914. The van der Waals surface area contributed by atoms with Crippen LogP contribution in [0.15, 0.2) is 18.3 Å². The van der Waals surface area contributed by atoms with Crippen molar-refractivity contribution >= 4 is 34.0 Å². The maximum atomic E-state index is 6.01. The molecule has 0 aliphatic carbocycles. The summed E-state index contributed by atoms with van der Waals surface area (Å²) in [5.41, 5.74) is 8.77. The first kappa shape index (κ1) is 12.1. The summed E-state index contributed by atoms with van der Waals surface area (Å²) in [6, 6.07) is 4.37. The summed E-state index contributed by atoms with van der Waals surface area (Å²) in [4.78, 5) is 0. The molecule has 0 saturated heterocycles. The van der Waals surface area contributed by atoms with Gasteiger partial charge in [0.05, 0.1) is 23.1 Å². The molecule has 5 heteroatoms. The van der Waals surface area contributed by atoms with Crippen LogP contribution in [-0.2, 0) is 0 Å². The van der Waals surface area contributed by atoms with E-state index in [1.807, 2.05) is 23.9 Å². The van der Waals surface area contributed by atoms with E-state index in [1.54, 1.807) is 6.20 Å². The number of hydrogen-bond acceptors (Lipinski definition) is 4. The smallest absolute Gasteiger partial charge is 0.0672 e. The molecule has 0 aliphatic rings. The van der Waals surface area contributed by atoms with Crippen LogP contribution in [0.4, 0.5) is 11.4 Å². The summed E-state index contributed by atoms with van der Waals surface area (Å²) in [6.45, 7) is 4.33. The third-order valence-corrected chi connectivity index (χ3v) is 3.73. The van der Waals surface area contributed by atoms with Gasteiger partial charge in [-0.1, -0.05) is 6.92 Å². The lowest BCUT2D eigenvalue weighted by Crippen LogP contribution is -2.18. The van der Waals surface area contributed by atoms with E-state index in [1.165, 1.54) is 0 Å². The molecule has 17 heavy (non-hydrogen) atoms. The topological polar surface area (TPSA) is 66.7 Å². The molecule has 0 saturated carbocycles. The molecule has 92 valence electrons. The van der Waals surface area contributed by atoms with Gasteiger partial charge < -0.3 is 11.1 Å². The standard InChI is InChI=1S/C12H18N4S/c1-3-17-7-8(2)15-12-5-11-9(4-10(12)13)6-14-16-11/h4-6,8,15H,3,7,13H2,1-2H3,(H,14,16). The minimum Gasteiger partial charge on any atom is -0.397 e. The van der Waals surface area contributed by atoms with Crippen molar-refractivity contribution in [1.29, 1.82) is 0 Å². The van der Waals surface area contributed by atoms with E-state index in [0.717, 1.165) is 33.8 Å². The number of aromatic amines is 1. The fraction of sp³-hybridized carbons (Fsp3) is 0.417. The van der Waals surface area contributed by atoms with Crippen LogP contribution in [0.2, 0.25) is 0 Å². The van der Waals surface area contributed by atoms with E-state index in [-0.39, 0.29) is 0 Å². The summed E-state index contributed by atoms with van der Waals surface area (Å²) >= 11 is 1.92. The van der Waals surface area contributed by atoms with Gasteiger partial charge in [0.1, 0.15) is 0 Å². The van der Waals surface area contributed by atoms with Crippen molar-refractivity contribution in [3.63, 3.8) is 0 Å². The Morgan fingerprint density at radius 2 is 2.35 bits per heavy atom. The predicted molar refractivity (Wildman–Crippen MR) is 76.6 cm³/mol. The molecule has 1 aromatic heterocycles. The van der Waals surface area contributed by atoms with E-state index in [9.17, 15) is 0 Å². The van der Waals surface area contributed by atoms with Gasteiger partial charge in [0.25, 0.3) is 0 Å². The highest BCUT2D eigenvalue weighted by molar-refractivity contribution is 7.99. The maximum absolute atomic E-state index is 6.01. The van der Waals surface area contributed by atoms with Crippen LogP contribution in [-0.4, -0.2) is 27.7 Å². The zero-order valence-corrected chi connectivity index (χ0v) is 11.0. The van der Waals surface area contributed by atoms with Crippen LogP contribution in [0.25, 0.3) is 10.9 Å². The summed E-state index contributed by atoms with van der Waals surface area (Å²) in [6.07, 6.45) is 1.78. The number of nitrogens with one attached hydrogen (secondary N) is 2. The quantitative estimate of drug-likeness (QED) is 0.714. The van der Waals surface area contributed by atoms with Gasteiger partial charge in [-0.25, -0.2) is 0 Å². The van der Waals surface area contributed by atoms with Crippen molar-refractivity contribution in [2.24, 2.45) is 0 Å². The molecule has 0 fully saturated rings. The number of thioether (sulfide) groups is 1. The second-order valence-corrected chi connectivity index (χ2v) is 5.42. The summed E-state index contributed by atoms with van der Waals surface area (Å²) < 4.78 is 0. The van der Waals surface area contributed by atoms with Crippen LogP contribution in [0.3, 0.4) is 0 Å². The second-order valence-electron chi connectivity index (χ2n) is 4.10. The zero-order valence-electron chi connectivity index (χ0n) is 10.2. The first-order valence-electron chi connectivity index (χ1n) is 5.77. The van der Waals surface area contributed by atoms with Gasteiger partial charge in [-0.05, 0) is 24.8 Å². The van der Waals surface area contributed by atoms with Gasteiger partial charge in [0, 0.05) is 17.2 Å². The monoisotopic (exact) mass is 250 g/mol. The highest BCUT2D eigenvalue weighted by Crippen LogP contribution is 2.25. The number of hydrogen-bond donors (Lipinski definition) is 3. The molecular weight excluding hydrogens is 232 g/mol. The number of nitrogen functional groups attached to an aromatic ring is 1. The van der Waals surface area contributed by atoms with Gasteiger partial charge in [-0.15, -0.1) is 0 Å². The highest BCUT2D eigenvalue weighted by Gasteiger charge is 2.07. The SMILES string of the molecule is CCSCC(C)Nc1cc2[nH]ncc2cc1N. The Balaban J connectivity index is 2.14. The van der Waals surface area contributed by atoms with Crippen molar-refractivity contribution in [1.82, 2.24) is 10.2 Å². The number of H-pyrrole nitrogens is 1. The molecule has 0 amide bonds. The Morgan fingerprint density at radius 1 is 1.53 bits per heavy atom. The van der Waals surface area contributed by atoms with Gasteiger partial charge in [0.15, 0.2) is 0 Å². The molecule has 0 bridgehead atoms. The van der Waals surface area contributed by atoms with Crippen molar-refractivity contribution in [2.45, 2.75) is 19.9 Å². The van der Waals surface area contributed by atoms with Gasteiger partial charge in [-0.2, -0.15) is 16.9 Å². The molecule has 2 aromatic rings. The number of nitrogens with zero attached hydrogens (tertiary/aromatic N) is 1. The van der Waals surface area contributed by atoms with Crippen LogP contribution in [0.1, 0.15) is 13.8 Å². The van der Waals surface area contributed by atoms with Gasteiger partial charge in [0.2, 0.25) is 0 Å². The van der Waals surface area contributed by atoms with Crippen LogP contribution in [0, 0.1) is 0 Å². The molecule has 4 nitrogen and oxygen atoms in total. The molecule has 1 atom stereocenters. The zero-order chi connectivity index (χ0) is 12.3. The number of nitrogens with two attached hydrogens (primary N) is 1. The van der Waals surface area contributed by atoms with Gasteiger partial charge in [-0.3, -0.25) is 5.10 Å². The second kappa shape index (κ2) is 5.31. The number of aromatic nitrogens is 2. The molecule has 0 radical (unpaired) electrons. The number of anilines is 2. The van der Waals surface area contributed by atoms with Crippen LogP contribution in [0.5, 0.6) is 0 Å². The van der Waals surface area contributed by atoms with Crippen molar-refractivity contribution in [3.05, 3.63) is 18.3 Å². The maximum Gasteiger partial charge on any atom is 0.0672 e. The van der Waals surface area contributed by atoms with Crippen molar-refractivity contribution in [2.75, 3.05) is 22.6 Å². The molecule has 4 N–H and O–H groups in total. The third-order valence-electron chi connectivity index (χ3n) is 2.58. The van der Waals surface area contributed by atoms with E-state index < -0.39 is 0 Å². The largest absolute Gasteiger partial charge is 0.397 e. The van der Waals surface area contributed by atoms with Gasteiger partial charge >= 0.3 is 0 Å². The third kappa shape index (κ3) is 2.85. The Labute approximate surface area is 105 Å². The number of fused-ring (bicyclic) bond motifs is 1. The number of benzene rings is 1. The molecule has 1 heterocycles. The van der Waals surface area contributed by atoms with Crippen molar-refractivity contribution in [3.8, 4) is 0 Å². The van der Waals surface area contributed by atoms with E-state index >= 15 is 0 Å². The van der Waals surface area contributed by atoms with Crippen LogP contribution < -0.4 is 11.1 Å². The summed E-state index contributed by atoms with van der Waals surface area (Å²) in [7, 11) is 0. The fourth-order valence-corrected chi connectivity index (χ4v) is 2.41. The summed E-state index contributed by atoms with van der Waals surface area (Å²) in [5.74, 6) is 2.22. The molecular formula is C12H18N4S. The van der Waals surface area contributed by atoms with Crippen LogP contribution >= 0.6 is 11.8 Å². The lowest BCUT2D eigenvalue weighted by Gasteiger charge is -2.16. The van der Waals surface area contributed by atoms with E-state index in [4.69, 9.17) is 5.73 Å². The first-order chi connectivity index (χ1) is 8.20. The molecule has 0 aliphatic heterocycles. The van der Waals surface area contributed by atoms with E-state index in [2.05, 4.69) is 29.4 Å². The molecule has 2 rings (SSSR count).